The first-order valence-corrected chi connectivity index (χ1v) is 9.71. The average molecular weight is 385 g/mol. The Morgan fingerprint density at radius 1 is 0.929 bits per heavy atom. The van der Waals surface area contributed by atoms with Gasteiger partial charge in [0.25, 0.3) is 0 Å². The van der Waals surface area contributed by atoms with Gasteiger partial charge < -0.3 is 4.42 Å². The average Bonchev–Trinajstić information content (AvgIpc) is 3.31. The molecule has 2 aromatic carbocycles. The number of aryl methyl sites for hydroxylation is 2. The van der Waals surface area contributed by atoms with Gasteiger partial charge in [0, 0.05) is 28.1 Å². The molecule has 0 fully saturated rings. The summed E-state index contributed by atoms with van der Waals surface area (Å²) >= 11 is 1.52. The SMILES string of the molecule is Cc1cc2c(cc1C)C(=O)C(=Cc1nc3sc(-c4ccccc4)cc3o1)C2=O. The lowest BCUT2D eigenvalue weighted by Crippen LogP contribution is -2.00. The summed E-state index contributed by atoms with van der Waals surface area (Å²) < 4.78 is 5.79. The van der Waals surface area contributed by atoms with Crippen LogP contribution in [-0.4, -0.2) is 16.6 Å². The predicted octanol–water partition coefficient (Wildman–Crippen LogP) is 5.64. The van der Waals surface area contributed by atoms with Crippen LogP contribution in [0.25, 0.3) is 26.9 Å². The molecular weight excluding hydrogens is 370 g/mol. The molecule has 0 saturated heterocycles. The zero-order valence-corrected chi connectivity index (χ0v) is 16.1. The number of carbonyl (C=O) groups excluding carboxylic acids is 2. The van der Waals surface area contributed by atoms with Crippen LogP contribution in [0.5, 0.6) is 0 Å². The first kappa shape index (κ1) is 16.8. The summed E-state index contributed by atoms with van der Waals surface area (Å²) in [6.07, 6.45) is 1.46. The Balaban J connectivity index is 1.53. The van der Waals surface area contributed by atoms with Gasteiger partial charge in [0.1, 0.15) is 0 Å². The largest absolute Gasteiger partial charge is 0.436 e. The van der Waals surface area contributed by atoms with Crippen LogP contribution in [0.2, 0.25) is 0 Å². The van der Waals surface area contributed by atoms with Crippen LogP contribution in [0.15, 0.2) is 58.5 Å². The number of aromatic nitrogens is 1. The Morgan fingerprint density at radius 3 is 2.18 bits per heavy atom. The molecule has 4 nitrogen and oxygen atoms in total. The number of rotatable bonds is 2. The number of oxazole rings is 1. The van der Waals surface area contributed by atoms with Crippen molar-refractivity contribution < 1.29 is 14.0 Å². The van der Waals surface area contributed by atoms with Crippen LogP contribution < -0.4 is 0 Å². The van der Waals surface area contributed by atoms with Crippen molar-refractivity contribution in [3.63, 3.8) is 0 Å². The lowest BCUT2D eigenvalue weighted by Gasteiger charge is -2.01. The summed E-state index contributed by atoms with van der Waals surface area (Å²) in [5.41, 5.74) is 4.76. The molecule has 5 heteroatoms. The molecule has 28 heavy (non-hydrogen) atoms. The van der Waals surface area contributed by atoms with E-state index in [4.69, 9.17) is 4.42 Å². The molecule has 0 N–H and O–H groups in total. The van der Waals surface area contributed by atoms with Crippen molar-refractivity contribution in [3.8, 4) is 10.4 Å². The van der Waals surface area contributed by atoms with Gasteiger partial charge in [-0.1, -0.05) is 30.3 Å². The van der Waals surface area contributed by atoms with Gasteiger partial charge in [-0.25, -0.2) is 0 Å². The van der Waals surface area contributed by atoms with Gasteiger partial charge in [0.2, 0.25) is 5.89 Å². The first-order valence-electron chi connectivity index (χ1n) is 8.89. The summed E-state index contributed by atoms with van der Waals surface area (Å²) in [7, 11) is 0. The van der Waals surface area contributed by atoms with Crippen LogP contribution in [0, 0.1) is 13.8 Å². The molecule has 0 saturated carbocycles. The zero-order chi connectivity index (χ0) is 19.4. The molecular formula is C23H15NO3S. The quantitative estimate of drug-likeness (QED) is 0.331. The van der Waals surface area contributed by atoms with Crippen LogP contribution in [0.3, 0.4) is 0 Å². The maximum atomic E-state index is 12.7. The van der Waals surface area contributed by atoms with Crippen molar-refractivity contribution in [2.24, 2.45) is 0 Å². The van der Waals surface area contributed by atoms with E-state index < -0.39 is 0 Å². The second-order valence-corrected chi connectivity index (χ2v) is 7.93. The minimum atomic E-state index is -0.269. The van der Waals surface area contributed by atoms with E-state index in [9.17, 15) is 9.59 Å². The van der Waals surface area contributed by atoms with Crippen molar-refractivity contribution in [1.82, 2.24) is 4.98 Å². The highest BCUT2D eigenvalue weighted by atomic mass is 32.1. The number of fused-ring (bicyclic) bond motifs is 2. The third-order valence-corrected chi connectivity index (χ3v) is 6.10. The van der Waals surface area contributed by atoms with Gasteiger partial charge in [-0.2, -0.15) is 4.98 Å². The number of hydrogen-bond donors (Lipinski definition) is 0. The third-order valence-electron chi connectivity index (χ3n) is 5.04. The lowest BCUT2D eigenvalue weighted by molar-refractivity contribution is 0.0990. The number of hydrogen-bond acceptors (Lipinski definition) is 5. The topological polar surface area (TPSA) is 60.2 Å². The van der Waals surface area contributed by atoms with Gasteiger partial charge in [-0.05, 0) is 42.7 Å². The minimum absolute atomic E-state index is 0.109. The highest BCUT2D eigenvalue weighted by molar-refractivity contribution is 7.21. The van der Waals surface area contributed by atoms with Gasteiger partial charge in [0.15, 0.2) is 22.0 Å². The monoisotopic (exact) mass is 385 g/mol. The van der Waals surface area contributed by atoms with Crippen LogP contribution >= 0.6 is 11.3 Å². The number of nitrogens with zero attached hydrogens (tertiary/aromatic N) is 1. The molecule has 1 aliphatic carbocycles. The number of carbonyl (C=O) groups is 2. The zero-order valence-electron chi connectivity index (χ0n) is 15.3. The molecule has 0 atom stereocenters. The van der Waals surface area contributed by atoms with E-state index in [1.54, 1.807) is 12.1 Å². The van der Waals surface area contributed by atoms with E-state index in [0.29, 0.717) is 16.7 Å². The van der Waals surface area contributed by atoms with Crippen LogP contribution in [0.1, 0.15) is 37.7 Å². The summed E-state index contributed by atoms with van der Waals surface area (Å²) in [6, 6.07) is 15.5. The molecule has 0 radical (unpaired) electrons. The minimum Gasteiger partial charge on any atom is -0.436 e. The van der Waals surface area contributed by atoms with E-state index in [1.165, 1.54) is 17.4 Å². The van der Waals surface area contributed by atoms with Crippen LogP contribution in [-0.2, 0) is 0 Å². The molecule has 136 valence electrons. The first-order chi connectivity index (χ1) is 13.5. The van der Waals surface area contributed by atoms with E-state index in [2.05, 4.69) is 4.98 Å². The van der Waals surface area contributed by atoms with Crippen molar-refractivity contribution in [2.75, 3.05) is 0 Å². The summed E-state index contributed by atoms with van der Waals surface area (Å²) in [6.45, 7) is 3.86. The fraction of sp³-hybridized carbons (Fsp3) is 0.0870. The van der Waals surface area contributed by atoms with E-state index in [-0.39, 0.29) is 23.0 Å². The molecule has 2 heterocycles. The lowest BCUT2D eigenvalue weighted by atomic mass is 10.0. The number of benzene rings is 2. The van der Waals surface area contributed by atoms with Crippen molar-refractivity contribution in [2.45, 2.75) is 13.8 Å². The molecule has 5 rings (SSSR count). The second-order valence-electron chi connectivity index (χ2n) is 6.90. The predicted molar refractivity (Wildman–Crippen MR) is 110 cm³/mol. The van der Waals surface area contributed by atoms with Crippen molar-refractivity contribution in [1.29, 1.82) is 0 Å². The highest BCUT2D eigenvalue weighted by Crippen LogP contribution is 2.35. The van der Waals surface area contributed by atoms with Crippen molar-refractivity contribution >= 4 is 39.4 Å². The summed E-state index contributed by atoms with van der Waals surface area (Å²) in [5.74, 6) is -0.261. The van der Waals surface area contributed by atoms with Crippen molar-refractivity contribution in [3.05, 3.63) is 82.2 Å². The molecule has 0 bridgehead atoms. The number of Topliss-reactive ketones (excluding diaryl/α,β-unsaturated/α-hetero) is 2. The molecule has 4 aromatic rings. The smallest absolute Gasteiger partial charge is 0.221 e. The van der Waals surface area contributed by atoms with E-state index >= 15 is 0 Å². The highest BCUT2D eigenvalue weighted by Gasteiger charge is 2.34. The van der Waals surface area contributed by atoms with Gasteiger partial charge >= 0.3 is 0 Å². The molecule has 1 aliphatic rings. The number of thiophene rings is 1. The Bertz CT molecular complexity index is 1230. The molecule has 0 unspecified atom stereocenters. The molecule has 2 aromatic heterocycles. The molecule has 0 amide bonds. The number of ketones is 2. The van der Waals surface area contributed by atoms with Gasteiger partial charge in [0.05, 0.1) is 5.57 Å². The summed E-state index contributed by atoms with van der Waals surface area (Å²) in [4.78, 5) is 31.7. The number of allylic oxidation sites excluding steroid dienone is 1. The Labute approximate surface area is 165 Å². The van der Waals surface area contributed by atoms with Gasteiger partial charge in [-0.15, -0.1) is 11.3 Å². The van der Waals surface area contributed by atoms with Crippen LogP contribution in [0.4, 0.5) is 0 Å². The second kappa shape index (κ2) is 6.11. The fourth-order valence-corrected chi connectivity index (χ4v) is 4.36. The maximum Gasteiger partial charge on any atom is 0.221 e. The van der Waals surface area contributed by atoms with Gasteiger partial charge in [-0.3, -0.25) is 9.59 Å². The van der Waals surface area contributed by atoms with E-state index in [1.807, 2.05) is 50.2 Å². The standard InChI is InChI=1S/C23H15NO3S/c1-12-8-15-16(9-13(12)2)22(26)17(21(15)25)10-20-24-23-18(27-20)11-19(28-23)14-6-4-3-5-7-14/h3-11H,1-2H3. The third kappa shape index (κ3) is 2.55. The molecule has 0 aliphatic heterocycles. The van der Waals surface area contributed by atoms with E-state index in [0.717, 1.165) is 26.4 Å². The molecule has 0 spiro atoms. The Hall–Kier alpha value is -3.31. The Kier molecular flexibility index (Phi) is 3.67. The normalized spacial score (nSPS) is 13.4. The maximum absolute atomic E-state index is 12.7. The Morgan fingerprint density at radius 2 is 1.57 bits per heavy atom. The fourth-order valence-electron chi connectivity index (χ4n) is 3.40. The summed E-state index contributed by atoms with van der Waals surface area (Å²) in [5, 5.41) is 0.